The zero-order chi connectivity index (χ0) is 16.4. The van der Waals surface area contributed by atoms with Gasteiger partial charge in [0.05, 0.1) is 22.5 Å². The largest absolute Gasteiger partial charge is 0.362 e. The smallest absolute Gasteiger partial charge is 0.0628 e. The van der Waals surface area contributed by atoms with Crippen molar-refractivity contribution in [1.29, 1.82) is 0 Å². The summed E-state index contributed by atoms with van der Waals surface area (Å²) in [7, 11) is 0. The maximum atomic E-state index is 2.71. The van der Waals surface area contributed by atoms with E-state index < -0.39 is 0 Å². The van der Waals surface area contributed by atoms with Crippen LogP contribution in [0.5, 0.6) is 0 Å². The zero-order valence-electron chi connectivity index (χ0n) is 15.4. The molecule has 0 amide bonds. The molecular formula is C20H34N2. The van der Waals surface area contributed by atoms with Gasteiger partial charge in [0, 0.05) is 13.1 Å². The molecule has 0 saturated heterocycles. The van der Waals surface area contributed by atoms with Crippen molar-refractivity contribution >= 4 is 11.4 Å². The second-order valence-electron chi connectivity index (χ2n) is 6.45. The third kappa shape index (κ3) is 1.99. The summed E-state index contributed by atoms with van der Waals surface area (Å²) in [6.45, 7) is 16.3. The maximum absolute atomic E-state index is 2.71. The summed E-state index contributed by atoms with van der Waals surface area (Å²) < 4.78 is 0. The molecule has 1 aromatic carbocycles. The predicted molar refractivity (Wildman–Crippen MR) is 99.1 cm³/mol. The van der Waals surface area contributed by atoms with Crippen LogP contribution >= 0.6 is 0 Å². The number of nitrogens with zero attached hydrogens (tertiary/aromatic N) is 2. The van der Waals surface area contributed by atoms with Gasteiger partial charge in [0.15, 0.2) is 0 Å². The Bertz CT molecular complexity index is 441. The van der Waals surface area contributed by atoms with Crippen LogP contribution in [0.1, 0.15) is 67.2 Å². The normalized spacial score (nSPS) is 19.2. The van der Waals surface area contributed by atoms with Gasteiger partial charge in [-0.25, -0.2) is 0 Å². The van der Waals surface area contributed by atoms with Crippen LogP contribution in [-0.4, -0.2) is 24.2 Å². The van der Waals surface area contributed by atoms with Crippen molar-refractivity contribution in [3.8, 4) is 0 Å². The molecule has 0 fully saturated rings. The average Bonchev–Trinajstić information content (AvgIpc) is 2.58. The summed E-state index contributed by atoms with van der Waals surface area (Å²) in [4.78, 5) is 5.42. The minimum Gasteiger partial charge on any atom is -0.362 e. The molecule has 0 aromatic heterocycles. The number of fused-ring (bicyclic) bond motifs is 1. The van der Waals surface area contributed by atoms with E-state index in [2.05, 4.69) is 75.6 Å². The Labute approximate surface area is 137 Å². The molecule has 0 spiro atoms. The van der Waals surface area contributed by atoms with E-state index >= 15 is 0 Å². The number of para-hydroxylation sites is 2. The Balaban J connectivity index is 2.81. The fourth-order valence-electron chi connectivity index (χ4n) is 5.41. The molecule has 0 atom stereocenters. The number of hydrogen-bond acceptors (Lipinski definition) is 2. The minimum absolute atomic E-state index is 0.218. The van der Waals surface area contributed by atoms with Crippen molar-refractivity contribution in [1.82, 2.24) is 0 Å². The SMILES string of the molecule is CCN1c2ccccc2N(CC)C(CC)(CC)C1(CC)CC. The molecule has 1 aliphatic heterocycles. The Kier molecular flexibility index (Phi) is 5.09. The molecule has 2 nitrogen and oxygen atoms in total. The van der Waals surface area contributed by atoms with Gasteiger partial charge in [-0.05, 0) is 51.7 Å². The van der Waals surface area contributed by atoms with Gasteiger partial charge in [-0.15, -0.1) is 0 Å². The fraction of sp³-hybridized carbons (Fsp3) is 0.700. The Morgan fingerprint density at radius 3 is 1.18 bits per heavy atom. The molecule has 0 aliphatic carbocycles. The van der Waals surface area contributed by atoms with E-state index in [1.54, 1.807) is 0 Å². The third-order valence-corrected chi connectivity index (χ3v) is 6.33. The van der Waals surface area contributed by atoms with Crippen molar-refractivity contribution in [2.45, 2.75) is 78.3 Å². The summed E-state index contributed by atoms with van der Waals surface area (Å²) in [5, 5.41) is 0. The van der Waals surface area contributed by atoms with Gasteiger partial charge < -0.3 is 9.80 Å². The summed E-state index contributed by atoms with van der Waals surface area (Å²) >= 11 is 0. The molecule has 0 unspecified atom stereocenters. The van der Waals surface area contributed by atoms with E-state index in [9.17, 15) is 0 Å². The third-order valence-electron chi connectivity index (χ3n) is 6.33. The molecule has 2 rings (SSSR count). The zero-order valence-corrected chi connectivity index (χ0v) is 15.4. The van der Waals surface area contributed by atoms with Gasteiger partial charge in [-0.1, -0.05) is 39.8 Å². The van der Waals surface area contributed by atoms with E-state index in [1.165, 1.54) is 37.1 Å². The highest BCUT2D eigenvalue weighted by Gasteiger charge is 2.56. The number of likely N-dealkylation sites (N-methyl/N-ethyl adjacent to an activating group) is 2. The first-order valence-corrected chi connectivity index (χ1v) is 9.26. The van der Waals surface area contributed by atoms with Crippen molar-refractivity contribution < 1.29 is 0 Å². The number of rotatable bonds is 6. The summed E-state index contributed by atoms with van der Waals surface area (Å²) in [6.07, 6.45) is 4.79. The Morgan fingerprint density at radius 1 is 0.636 bits per heavy atom. The molecule has 1 aromatic rings. The summed E-state index contributed by atoms with van der Waals surface area (Å²) in [5.41, 5.74) is 3.28. The molecule has 0 bridgehead atoms. The van der Waals surface area contributed by atoms with Crippen LogP contribution in [0.25, 0.3) is 0 Å². The van der Waals surface area contributed by atoms with Crippen LogP contribution in [0.15, 0.2) is 24.3 Å². The highest BCUT2D eigenvalue weighted by Crippen LogP contribution is 2.53. The molecule has 1 heterocycles. The van der Waals surface area contributed by atoms with Crippen molar-refractivity contribution in [3.63, 3.8) is 0 Å². The number of benzene rings is 1. The Hall–Kier alpha value is -1.18. The van der Waals surface area contributed by atoms with Gasteiger partial charge in [-0.2, -0.15) is 0 Å². The first-order chi connectivity index (χ1) is 10.6. The standard InChI is InChI=1S/C20H34N2/c1-7-19(8-2)20(9-3,10-4)22(12-6)18-16-14-13-15-17(18)21(19)11-5/h13-16H,7-12H2,1-6H3. The van der Waals surface area contributed by atoms with Crippen LogP contribution in [0.4, 0.5) is 11.4 Å². The van der Waals surface area contributed by atoms with Crippen molar-refractivity contribution in [2.75, 3.05) is 22.9 Å². The van der Waals surface area contributed by atoms with Crippen LogP contribution in [0.3, 0.4) is 0 Å². The van der Waals surface area contributed by atoms with E-state index in [0.29, 0.717) is 0 Å². The van der Waals surface area contributed by atoms with Gasteiger partial charge in [-0.3, -0.25) is 0 Å². The van der Waals surface area contributed by atoms with Crippen LogP contribution in [0.2, 0.25) is 0 Å². The molecule has 0 saturated carbocycles. The number of hydrogen-bond donors (Lipinski definition) is 0. The minimum atomic E-state index is 0.218. The second kappa shape index (κ2) is 6.52. The van der Waals surface area contributed by atoms with Crippen molar-refractivity contribution in [3.05, 3.63) is 24.3 Å². The summed E-state index contributed by atoms with van der Waals surface area (Å²) in [6, 6.07) is 9.01. The van der Waals surface area contributed by atoms with E-state index in [1.807, 2.05) is 0 Å². The quantitative estimate of drug-likeness (QED) is 0.687. The molecule has 1 aliphatic rings. The van der Waals surface area contributed by atoms with Gasteiger partial charge in [0.1, 0.15) is 0 Å². The molecular weight excluding hydrogens is 268 g/mol. The lowest BCUT2D eigenvalue weighted by atomic mass is 9.65. The molecule has 22 heavy (non-hydrogen) atoms. The molecule has 0 N–H and O–H groups in total. The first-order valence-electron chi connectivity index (χ1n) is 9.26. The molecule has 0 radical (unpaired) electrons. The molecule has 124 valence electrons. The second-order valence-corrected chi connectivity index (χ2v) is 6.45. The monoisotopic (exact) mass is 302 g/mol. The lowest BCUT2D eigenvalue weighted by Gasteiger charge is -2.65. The predicted octanol–water partition coefficient (Wildman–Crippen LogP) is 5.47. The topological polar surface area (TPSA) is 6.48 Å². The molecule has 2 heteroatoms. The van der Waals surface area contributed by atoms with Gasteiger partial charge >= 0.3 is 0 Å². The summed E-state index contributed by atoms with van der Waals surface area (Å²) in [5.74, 6) is 0. The number of anilines is 2. The lowest BCUT2D eigenvalue weighted by Crippen LogP contribution is -2.73. The Morgan fingerprint density at radius 2 is 0.955 bits per heavy atom. The van der Waals surface area contributed by atoms with E-state index in [4.69, 9.17) is 0 Å². The van der Waals surface area contributed by atoms with Crippen LogP contribution in [-0.2, 0) is 0 Å². The highest BCUT2D eigenvalue weighted by molar-refractivity contribution is 5.77. The lowest BCUT2D eigenvalue weighted by molar-refractivity contribution is 0.155. The highest BCUT2D eigenvalue weighted by atomic mass is 15.4. The fourth-order valence-corrected chi connectivity index (χ4v) is 5.41. The average molecular weight is 303 g/mol. The van der Waals surface area contributed by atoms with Crippen LogP contribution < -0.4 is 9.80 Å². The first kappa shape index (κ1) is 17.2. The maximum Gasteiger partial charge on any atom is 0.0628 e. The van der Waals surface area contributed by atoms with Crippen LogP contribution in [0, 0.1) is 0 Å². The van der Waals surface area contributed by atoms with E-state index in [0.717, 1.165) is 13.1 Å². The van der Waals surface area contributed by atoms with E-state index in [-0.39, 0.29) is 11.1 Å². The van der Waals surface area contributed by atoms with Gasteiger partial charge in [0.2, 0.25) is 0 Å². The van der Waals surface area contributed by atoms with Gasteiger partial charge in [0.25, 0.3) is 0 Å². The van der Waals surface area contributed by atoms with Crippen molar-refractivity contribution in [2.24, 2.45) is 0 Å².